The number of rotatable bonds is 3. The quantitative estimate of drug-likeness (QED) is 0.602. The molecule has 0 spiro atoms. The van der Waals surface area contributed by atoms with E-state index in [-0.39, 0.29) is 0 Å². The Kier molecular flexibility index (Phi) is 5.07. The molecule has 0 aliphatic heterocycles. The number of nitrogens with one attached hydrogen (secondary N) is 2. The molecule has 0 radical (unpaired) electrons. The summed E-state index contributed by atoms with van der Waals surface area (Å²) in [7, 11) is 1.42. The summed E-state index contributed by atoms with van der Waals surface area (Å²) in [4.78, 5) is 22.3. The van der Waals surface area contributed by atoms with Gasteiger partial charge in [0.15, 0.2) is 0 Å². The number of aliphatic hydroxyl groups is 1. The van der Waals surface area contributed by atoms with Gasteiger partial charge in [0, 0.05) is 7.05 Å². The zero-order valence-electron chi connectivity index (χ0n) is 9.46. The lowest BCUT2D eigenvalue weighted by Crippen LogP contribution is -2.49. The Morgan fingerprint density at radius 1 is 1.40 bits per heavy atom. The maximum Gasteiger partial charge on any atom is 0.408 e. The Balaban J connectivity index is 4.20. The second-order valence-corrected chi connectivity index (χ2v) is 4.00. The van der Waals surface area contributed by atoms with Gasteiger partial charge in [0.1, 0.15) is 11.6 Å². The van der Waals surface area contributed by atoms with E-state index < -0.39 is 30.3 Å². The molecule has 0 saturated carbocycles. The van der Waals surface area contributed by atoms with E-state index in [0.29, 0.717) is 0 Å². The van der Waals surface area contributed by atoms with Gasteiger partial charge in [0.05, 0.1) is 6.61 Å². The van der Waals surface area contributed by atoms with Crippen LogP contribution >= 0.6 is 0 Å². The minimum atomic E-state index is -0.982. The monoisotopic (exact) mass is 218 g/mol. The van der Waals surface area contributed by atoms with Gasteiger partial charge in [0.2, 0.25) is 5.91 Å². The van der Waals surface area contributed by atoms with Crippen LogP contribution < -0.4 is 10.6 Å². The maximum atomic E-state index is 11.2. The number of likely N-dealkylation sites (N-methyl/N-ethyl adjacent to an activating group) is 1. The van der Waals surface area contributed by atoms with Gasteiger partial charge in [-0.2, -0.15) is 0 Å². The molecule has 1 atom stereocenters. The fourth-order valence-electron chi connectivity index (χ4n) is 0.818. The Bertz CT molecular complexity index is 235. The third kappa shape index (κ3) is 5.90. The average molecular weight is 218 g/mol. The summed E-state index contributed by atoms with van der Waals surface area (Å²) in [6, 6.07) is -0.982. The first kappa shape index (κ1) is 13.7. The van der Waals surface area contributed by atoms with E-state index in [1.54, 1.807) is 20.8 Å². The molecule has 0 bridgehead atoms. The predicted octanol–water partition coefficient (Wildman–Crippen LogP) is -0.382. The molecule has 6 nitrogen and oxygen atoms in total. The summed E-state index contributed by atoms with van der Waals surface area (Å²) in [5.41, 5.74) is -0.632. The van der Waals surface area contributed by atoms with Crippen LogP contribution in [0.3, 0.4) is 0 Å². The molecule has 0 unspecified atom stereocenters. The topological polar surface area (TPSA) is 87.7 Å². The van der Waals surface area contributed by atoms with Gasteiger partial charge in [-0.1, -0.05) is 0 Å². The normalized spacial score (nSPS) is 12.9. The second kappa shape index (κ2) is 5.55. The molecule has 15 heavy (non-hydrogen) atoms. The number of alkyl carbamates (subject to hydrolysis) is 1. The first-order chi connectivity index (χ1) is 6.80. The number of carbonyl (C=O) groups is 2. The van der Waals surface area contributed by atoms with Crippen molar-refractivity contribution >= 4 is 12.0 Å². The van der Waals surface area contributed by atoms with E-state index in [0.717, 1.165) is 0 Å². The van der Waals surface area contributed by atoms with Crippen LogP contribution in [0.4, 0.5) is 4.79 Å². The maximum absolute atomic E-state index is 11.2. The number of aliphatic hydroxyl groups excluding tert-OH is 1. The van der Waals surface area contributed by atoms with Gasteiger partial charge in [-0.3, -0.25) is 4.79 Å². The number of hydrogen-bond acceptors (Lipinski definition) is 4. The van der Waals surface area contributed by atoms with Crippen molar-refractivity contribution in [3.63, 3.8) is 0 Å². The van der Waals surface area contributed by atoms with Crippen molar-refractivity contribution in [2.75, 3.05) is 13.7 Å². The van der Waals surface area contributed by atoms with Crippen LogP contribution in [0, 0.1) is 0 Å². The number of hydrogen-bond donors (Lipinski definition) is 3. The second-order valence-electron chi connectivity index (χ2n) is 4.00. The average Bonchev–Trinajstić information content (AvgIpc) is 2.10. The smallest absolute Gasteiger partial charge is 0.408 e. The van der Waals surface area contributed by atoms with E-state index in [1.165, 1.54) is 7.05 Å². The molecule has 0 fully saturated rings. The molecular weight excluding hydrogens is 200 g/mol. The Morgan fingerprint density at radius 2 is 1.93 bits per heavy atom. The van der Waals surface area contributed by atoms with Crippen LogP contribution in [-0.2, 0) is 9.53 Å². The molecule has 2 amide bonds. The van der Waals surface area contributed by atoms with Crippen LogP contribution in [0.25, 0.3) is 0 Å². The third-order valence-corrected chi connectivity index (χ3v) is 1.44. The molecule has 3 N–H and O–H groups in total. The molecule has 6 heteroatoms. The zero-order chi connectivity index (χ0) is 12.1. The molecule has 88 valence electrons. The molecule has 0 aromatic heterocycles. The van der Waals surface area contributed by atoms with Crippen molar-refractivity contribution in [1.29, 1.82) is 0 Å². The van der Waals surface area contributed by atoms with Gasteiger partial charge in [-0.15, -0.1) is 0 Å². The lowest BCUT2D eigenvalue weighted by atomic mass is 10.2. The highest BCUT2D eigenvalue weighted by Crippen LogP contribution is 2.06. The molecule has 0 aliphatic carbocycles. The van der Waals surface area contributed by atoms with Crippen molar-refractivity contribution in [2.24, 2.45) is 0 Å². The molecule has 0 aliphatic rings. The summed E-state index contributed by atoms with van der Waals surface area (Å²) in [6.45, 7) is 4.65. The summed E-state index contributed by atoms with van der Waals surface area (Å²) in [6.07, 6.45) is -0.731. The number of amides is 2. The van der Waals surface area contributed by atoms with Crippen LogP contribution in [0.15, 0.2) is 0 Å². The lowest BCUT2D eigenvalue weighted by Gasteiger charge is -2.22. The third-order valence-electron chi connectivity index (χ3n) is 1.44. The van der Waals surface area contributed by atoms with Gasteiger partial charge >= 0.3 is 6.09 Å². The van der Waals surface area contributed by atoms with Gasteiger partial charge < -0.3 is 20.5 Å². The highest BCUT2D eigenvalue weighted by molar-refractivity contribution is 5.85. The van der Waals surface area contributed by atoms with Crippen molar-refractivity contribution < 1.29 is 19.4 Å². The molecule has 0 aromatic carbocycles. The van der Waals surface area contributed by atoms with Crippen LogP contribution in [0.5, 0.6) is 0 Å². The summed E-state index contributed by atoms with van der Waals surface area (Å²) in [5, 5.41) is 13.4. The van der Waals surface area contributed by atoms with Gasteiger partial charge in [-0.05, 0) is 20.8 Å². The van der Waals surface area contributed by atoms with Crippen molar-refractivity contribution in [3.05, 3.63) is 0 Å². The van der Waals surface area contributed by atoms with Gasteiger partial charge in [0.25, 0.3) is 0 Å². The van der Waals surface area contributed by atoms with Gasteiger partial charge in [-0.25, -0.2) is 4.79 Å². The van der Waals surface area contributed by atoms with Crippen LogP contribution in [-0.4, -0.2) is 42.4 Å². The summed E-state index contributed by atoms with van der Waals surface area (Å²) in [5.74, 6) is -0.469. The Morgan fingerprint density at radius 3 is 2.27 bits per heavy atom. The molecule has 0 saturated heterocycles. The van der Waals surface area contributed by atoms with E-state index in [1.807, 2.05) is 0 Å². The van der Waals surface area contributed by atoms with E-state index in [2.05, 4.69) is 10.6 Å². The lowest BCUT2D eigenvalue weighted by molar-refractivity contribution is -0.123. The zero-order valence-corrected chi connectivity index (χ0v) is 9.46. The molecule has 0 aromatic rings. The fourth-order valence-corrected chi connectivity index (χ4v) is 0.818. The Hall–Kier alpha value is -1.30. The van der Waals surface area contributed by atoms with Crippen molar-refractivity contribution in [2.45, 2.75) is 32.4 Å². The SMILES string of the molecule is CNC(=O)[C@H](CO)NC(=O)OC(C)(C)C. The van der Waals surface area contributed by atoms with Crippen LogP contribution in [0.1, 0.15) is 20.8 Å². The summed E-state index contributed by atoms with van der Waals surface area (Å²) >= 11 is 0. The summed E-state index contributed by atoms with van der Waals surface area (Å²) < 4.78 is 4.92. The number of ether oxygens (including phenoxy) is 1. The minimum Gasteiger partial charge on any atom is -0.444 e. The highest BCUT2D eigenvalue weighted by atomic mass is 16.6. The minimum absolute atomic E-state index is 0.469. The van der Waals surface area contributed by atoms with Crippen molar-refractivity contribution in [1.82, 2.24) is 10.6 Å². The van der Waals surface area contributed by atoms with E-state index >= 15 is 0 Å². The molecule has 0 heterocycles. The van der Waals surface area contributed by atoms with Crippen LogP contribution in [0.2, 0.25) is 0 Å². The fraction of sp³-hybridized carbons (Fsp3) is 0.778. The predicted molar refractivity (Wildman–Crippen MR) is 54.3 cm³/mol. The highest BCUT2D eigenvalue weighted by Gasteiger charge is 2.22. The van der Waals surface area contributed by atoms with E-state index in [9.17, 15) is 9.59 Å². The largest absolute Gasteiger partial charge is 0.444 e. The standard InChI is InChI=1S/C9H18N2O4/c1-9(2,3)15-8(14)11-6(5-12)7(13)10-4/h6,12H,5H2,1-4H3,(H,10,13)(H,11,14)/t6-/m0/s1. The molecule has 0 rings (SSSR count). The van der Waals surface area contributed by atoms with Crippen molar-refractivity contribution in [3.8, 4) is 0 Å². The van der Waals surface area contributed by atoms with E-state index in [4.69, 9.17) is 9.84 Å². The molecular formula is C9H18N2O4. The number of carbonyl (C=O) groups excluding carboxylic acids is 2. The Labute approximate surface area is 89.0 Å². The first-order valence-electron chi connectivity index (χ1n) is 4.62. The first-order valence-corrected chi connectivity index (χ1v) is 4.62.